The first-order valence-electron chi connectivity index (χ1n) is 6.66. The van der Waals surface area contributed by atoms with Crippen LogP contribution in [0, 0.1) is 16.0 Å². The fraction of sp³-hybridized carbons (Fsp3) is 0.615. The minimum absolute atomic E-state index is 0.00695. The Hall–Kier alpha value is -1.17. The summed E-state index contributed by atoms with van der Waals surface area (Å²) >= 11 is 3.34. The van der Waals surface area contributed by atoms with Gasteiger partial charge >= 0.3 is 0 Å². The highest BCUT2D eigenvalue weighted by atomic mass is 79.9. The van der Waals surface area contributed by atoms with Gasteiger partial charge in [-0.15, -0.1) is 0 Å². The van der Waals surface area contributed by atoms with Gasteiger partial charge in [-0.05, 0) is 34.7 Å². The molecule has 1 saturated carbocycles. The standard InChI is InChI=1S/C13H18BrN3O2/c1-2-9-4-3-5-10(6-9)16-13-12(14)7-11(8-15-13)17(18)19/h7-10H,2-6H2,1H3,(H,15,16). The first kappa shape index (κ1) is 14.2. The van der Waals surface area contributed by atoms with Crippen molar-refractivity contribution in [2.24, 2.45) is 5.92 Å². The predicted molar refractivity (Wildman–Crippen MR) is 78.3 cm³/mol. The average Bonchev–Trinajstić information content (AvgIpc) is 2.41. The Morgan fingerprint density at radius 3 is 3.00 bits per heavy atom. The van der Waals surface area contributed by atoms with Crippen LogP contribution in [-0.4, -0.2) is 15.9 Å². The van der Waals surface area contributed by atoms with Crippen molar-refractivity contribution in [1.82, 2.24) is 4.98 Å². The van der Waals surface area contributed by atoms with Gasteiger partial charge < -0.3 is 5.32 Å². The number of hydrogen-bond donors (Lipinski definition) is 1. The summed E-state index contributed by atoms with van der Waals surface area (Å²) in [6.45, 7) is 2.23. The fourth-order valence-electron chi connectivity index (χ4n) is 2.62. The highest BCUT2D eigenvalue weighted by Crippen LogP contribution is 2.31. The molecule has 0 radical (unpaired) electrons. The molecule has 0 aromatic carbocycles. The number of rotatable bonds is 4. The lowest BCUT2D eigenvalue weighted by molar-refractivity contribution is -0.385. The summed E-state index contributed by atoms with van der Waals surface area (Å²) in [7, 11) is 0. The number of nitrogens with one attached hydrogen (secondary N) is 1. The summed E-state index contributed by atoms with van der Waals surface area (Å²) in [6, 6.07) is 1.92. The summed E-state index contributed by atoms with van der Waals surface area (Å²) in [4.78, 5) is 14.4. The van der Waals surface area contributed by atoms with Crippen molar-refractivity contribution in [3.63, 3.8) is 0 Å². The van der Waals surface area contributed by atoms with Crippen LogP contribution in [0.15, 0.2) is 16.7 Å². The first-order valence-corrected chi connectivity index (χ1v) is 7.46. The average molecular weight is 328 g/mol. The second-order valence-corrected chi connectivity index (χ2v) is 5.92. The van der Waals surface area contributed by atoms with Gasteiger partial charge in [-0.2, -0.15) is 0 Å². The molecule has 0 spiro atoms. The zero-order valence-electron chi connectivity index (χ0n) is 10.9. The Labute approximate surface area is 121 Å². The summed E-state index contributed by atoms with van der Waals surface area (Å²) in [5, 5.41) is 14.1. The number of nitrogens with zero attached hydrogens (tertiary/aromatic N) is 2. The highest BCUT2D eigenvalue weighted by Gasteiger charge is 2.22. The third-order valence-electron chi connectivity index (χ3n) is 3.74. The molecule has 0 saturated heterocycles. The molecule has 1 heterocycles. The number of nitro groups is 1. The molecule has 5 nitrogen and oxygen atoms in total. The van der Waals surface area contributed by atoms with Gasteiger partial charge in [0.25, 0.3) is 5.69 Å². The van der Waals surface area contributed by atoms with Crippen molar-refractivity contribution < 1.29 is 4.92 Å². The molecule has 0 amide bonds. The largest absolute Gasteiger partial charge is 0.366 e. The van der Waals surface area contributed by atoms with E-state index in [1.54, 1.807) is 0 Å². The molecule has 0 bridgehead atoms. The Morgan fingerprint density at radius 1 is 1.58 bits per heavy atom. The van der Waals surface area contributed by atoms with Crippen LogP contribution in [0.1, 0.15) is 39.0 Å². The third kappa shape index (κ3) is 3.65. The van der Waals surface area contributed by atoms with Gasteiger partial charge in [-0.3, -0.25) is 10.1 Å². The Balaban J connectivity index is 2.04. The van der Waals surface area contributed by atoms with E-state index in [9.17, 15) is 10.1 Å². The molecule has 2 rings (SSSR count). The topological polar surface area (TPSA) is 68.1 Å². The molecule has 1 aliphatic carbocycles. The number of halogens is 1. The number of pyridine rings is 1. The van der Waals surface area contributed by atoms with Gasteiger partial charge in [0.2, 0.25) is 0 Å². The molecule has 1 aromatic rings. The van der Waals surface area contributed by atoms with E-state index >= 15 is 0 Å². The highest BCUT2D eigenvalue weighted by molar-refractivity contribution is 9.10. The molecule has 0 aliphatic heterocycles. The second kappa shape index (κ2) is 6.32. The maximum absolute atomic E-state index is 10.7. The van der Waals surface area contributed by atoms with E-state index in [-0.39, 0.29) is 5.69 Å². The Morgan fingerprint density at radius 2 is 2.37 bits per heavy atom. The van der Waals surface area contributed by atoms with Crippen LogP contribution in [0.5, 0.6) is 0 Å². The van der Waals surface area contributed by atoms with Crippen LogP contribution >= 0.6 is 15.9 Å². The molecule has 104 valence electrons. The van der Waals surface area contributed by atoms with Crippen LogP contribution < -0.4 is 5.32 Å². The minimum atomic E-state index is -0.435. The first-order chi connectivity index (χ1) is 9.10. The number of anilines is 1. The van der Waals surface area contributed by atoms with Gasteiger partial charge in [-0.1, -0.05) is 26.2 Å². The summed E-state index contributed by atoms with van der Waals surface area (Å²) in [5.74, 6) is 1.48. The molecular formula is C13H18BrN3O2. The molecule has 1 N–H and O–H groups in total. The second-order valence-electron chi connectivity index (χ2n) is 5.06. The molecule has 1 aromatic heterocycles. The lowest BCUT2D eigenvalue weighted by atomic mass is 9.84. The Bertz CT molecular complexity index is 467. The van der Waals surface area contributed by atoms with Crippen molar-refractivity contribution >= 4 is 27.4 Å². The molecular weight excluding hydrogens is 310 g/mol. The van der Waals surface area contributed by atoms with Gasteiger partial charge in [0.15, 0.2) is 0 Å². The molecule has 1 aliphatic rings. The van der Waals surface area contributed by atoms with E-state index in [0.717, 1.165) is 18.8 Å². The van der Waals surface area contributed by atoms with E-state index < -0.39 is 4.92 Å². The van der Waals surface area contributed by atoms with Crippen molar-refractivity contribution in [2.45, 2.75) is 45.1 Å². The van der Waals surface area contributed by atoms with E-state index in [4.69, 9.17) is 0 Å². The maximum atomic E-state index is 10.7. The molecule has 19 heavy (non-hydrogen) atoms. The van der Waals surface area contributed by atoms with Gasteiger partial charge in [0.1, 0.15) is 12.0 Å². The SMILES string of the molecule is CCC1CCCC(Nc2ncc([N+](=O)[O-])cc2Br)C1. The lowest BCUT2D eigenvalue weighted by Gasteiger charge is -2.29. The van der Waals surface area contributed by atoms with Crippen LogP contribution in [0.2, 0.25) is 0 Å². The van der Waals surface area contributed by atoms with Crippen molar-refractivity contribution in [1.29, 1.82) is 0 Å². The number of aromatic nitrogens is 1. The summed E-state index contributed by atoms with van der Waals surface area (Å²) in [5.41, 5.74) is 0.00695. The number of hydrogen-bond acceptors (Lipinski definition) is 4. The molecule has 2 unspecified atom stereocenters. The summed E-state index contributed by atoms with van der Waals surface area (Å²) < 4.78 is 0.653. The van der Waals surface area contributed by atoms with Crippen LogP contribution in [0.3, 0.4) is 0 Å². The maximum Gasteiger partial charge on any atom is 0.288 e. The van der Waals surface area contributed by atoms with Gasteiger partial charge in [0, 0.05) is 12.1 Å². The van der Waals surface area contributed by atoms with E-state index in [2.05, 4.69) is 33.2 Å². The van der Waals surface area contributed by atoms with Crippen LogP contribution in [0.25, 0.3) is 0 Å². The summed E-state index contributed by atoms with van der Waals surface area (Å²) in [6.07, 6.45) is 7.35. The quantitative estimate of drug-likeness (QED) is 0.666. The molecule has 2 atom stereocenters. The van der Waals surface area contributed by atoms with Crippen molar-refractivity contribution in [3.8, 4) is 0 Å². The zero-order chi connectivity index (χ0) is 13.8. The van der Waals surface area contributed by atoms with Gasteiger partial charge in [-0.25, -0.2) is 4.98 Å². The minimum Gasteiger partial charge on any atom is -0.366 e. The smallest absolute Gasteiger partial charge is 0.288 e. The van der Waals surface area contributed by atoms with E-state index in [0.29, 0.717) is 16.3 Å². The zero-order valence-corrected chi connectivity index (χ0v) is 12.5. The van der Waals surface area contributed by atoms with Gasteiger partial charge in [0.05, 0.1) is 9.40 Å². The third-order valence-corrected chi connectivity index (χ3v) is 4.34. The fourth-order valence-corrected chi connectivity index (χ4v) is 3.07. The van der Waals surface area contributed by atoms with E-state index in [1.165, 1.54) is 31.5 Å². The molecule has 6 heteroatoms. The van der Waals surface area contributed by atoms with Crippen molar-refractivity contribution in [2.75, 3.05) is 5.32 Å². The Kier molecular flexibility index (Phi) is 4.74. The van der Waals surface area contributed by atoms with Crippen LogP contribution in [-0.2, 0) is 0 Å². The lowest BCUT2D eigenvalue weighted by Crippen LogP contribution is -2.27. The predicted octanol–water partition coefficient (Wildman–Crippen LogP) is 4.13. The normalized spacial score (nSPS) is 23.1. The van der Waals surface area contributed by atoms with Crippen LogP contribution in [0.4, 0.5) is 11.5 Å². The monoisotopic (exact) mass is 327 g/mol. The van der Waals surface area contributed by atoms with Crippen molar-refractivity contribution in [3.05, 3.63) is 26.9 Å². The molecule has 1 fully saturated rings. The van der Waals surface area contributed by atoms with E-state index in [1.807, 2.05) is 0 Å².